The van der Waals surface area contributed by atoms with Crippen LogP contribution >= 0.6 is 0 Å². The lowest BCUT2D eigenvalue weighted by Gasteiger charge is -2.13. The number of anilines is 2. The topological polar surface area (TPSA) is 144 Å². The molecule has 11 nitrogen and oxygen atoms in total. The lowest BCUT2D eigenvalue weighted by atomic mass is 10.1. The van der Waals surface area contributed by atoms with Crippen LogP contribution in [0.5, 0.6) is 11.5 Å². The van der Waals surface area contributed by atoms with Crippen molar-refractivity contribution in [1.29, 1.82) is 0 Å². The summed E-state index contributed by atoms with van der Waals surface area (Å²) in [5.74, 6) is -1.66. The smallest absolute Gasteiger partial charge is 0.242 e. The molecular weight excluding hydrogens is 454 g/mol. The summed E-state index contributed by atoms with van der Waals surface area (Å²) in [6.07, 6.45) is 5.66. The molecule has 0 saturated carbocycles. The predicted octanol–water partition coefficient (Wildman–Crippen LogP) is 1.06. The molecular formula is C21H24F2N6O5. The molecule has 0 saturated heterocycles. The SMILES string of the molecule is COc1cc(C)c(F)c(COc2cnc(Nc3cnn(CC(=O)NC(CO)CO)c3)nc2)c1F. The van der Waals surface area contributed by atoms with Crippen LogP contribution in [0.2, 0.25) is 0 Å². The minimum Gasteiger partial charge on any atom is -0.494 e. The molecule has 0 atom stereocenters. The van der Waals surface area contributed by atoms with Crippen molar-refractivity contribution in [1.82, 2.24) is 25.1 Å². The fraction of sp³-hybridized carbons (Fsp3) is 0.333. The van der Waals surface area contributed by atoms with Crippen molar-refractivity contribution in [3.05, 3.63) is 53.6 Å². The Morgan fingerprint density at radius 2 is 1.88 bits per heavy atom. The monoisotopic (exact) mass is 478 g/mol. The number of aromatic nitrogens is 4. The maximum absolute atomic E-state index is 14.4. The second-order valence-electron chi connectivity index (χ2n) is 7.21. The Balaban J connectivity index is 1.57. The van der Waals surface area contributed by atoms with Gasteiger partial charge in [-0.1, -0.05) is 0 Å². The normalized spacial score (nSPS) is 10.9. The Bertz CT molecular complexity index is 1120. The van der Waals surface area contributed by atoms with E-state index < -0.39 is 23.6 Å². The first-order chi connectivity index (χ1) is 16.3. The van der Waals surface area contributed by atoms with Crippen LogP contribution in [-0.4, -0.2) is 62.2 Å². The Labute approximate surface area is 193 Å². The molecule has 2 aromatic heterocycles. The minimum absolute atomic E-state index is 0.0760. The van der Waals surface area contributed by atoms with E-state index in [0.29, 0.717) is 5.69 Å². The van der Waals surface area contributed by atoms with Gasteiger partial charge in [-0.2, -0.15) is 5.10 Å². The number of methoxy groups -OCH3 is 1. The van der Waals surface area contributed by atoms with Gasteiger partial charge in [-0.3, -0.25) is 9.48 Å². The molecule has 0 spiro atoms. The molecule has 0 radical (unpaired) electrons. The fourth-order valence-corrected chi connectivity index (χ4v) is 2.91. The highest BCUT2D eigenvalue weighted by Crippen LogP contribution is 2.27. The highest BCUT2D eigenvalue weighted by Gasteiger charge is 2.18. The van der Waals surface area contributed by atoms with Gasteiger partial charge in [0.1, 0.15) is 19.0 Å². The number of hydrogen-bond acceptors (Lipinski definition) is 9. The highest BCUT2D eigenvalue weighted by molar-refractivity contribution is 5.76. The van der Waals surface area contributed by atoms with E-state index in [-0.39, 0.29) is 54.9 Å². The van der Waals surface area contributed by atoms with Gasteiger partial charge in [0, 0.05) is 6.20 Å². The summed E-state index contributed by atoms with van der Waals surface area (Å²) in [5, 5.41) is 27.4. The van der Waals surface area contributed by atoms with Gasteiger partial charge in [-0.15, -0.1) is 0 Å². The molecule has 2 heterocycles. The average molecular weight is 478 g/mol. The number of amides is 1. The van der Waals surface area contributed by atoms with Gasteiger partial charge in [-0.05, 0) is 18.6 Å². The molecule has 0 aliphatic heterocycles. The number of hydrogen-bond donors (Lipinski definition) is 4. The first-order valence-corrected chi connectivity index (χ1v) is 10.1. The number of nitrogens with one attached hydrogen (secondary N) is 2. The van der Waals surface area contributed by atoms with E-state index >= 15 is 0 Å². The molecule has 0 fully saturated rings. The van der Waals surface area contributed by atoms with Gasteiger partial charge in [-0.25, -0.2) is 18.7 Å². The lowest BCUT2D eigenvalue weighted by molar-refractivity contribution is -0.123. The molecule has 1 aromatic carbocycles. The number of halogens is 2. The summed E-state index contributed by atoms with van der Waals surface area (Å²) in [6.45, 7) is 0.235. The maximum Gasteiger partial charge on any atom is 0.242 e. The number of aliphatic hydroxyl groups is 2. The van der Waals surface area contributed by atoms with E-state index in [1.54, 1.807) is 0 Å². The molecule has 13 heteroatoms. The third-order valence-electron chi connectivity index (χ3n) is 4.67. The summed E-state index contributed by atoms with van der Waals surface area (Å²) in [7, 11) is 1.29. The number of nitrogens with zero attached hydrogens (tertiary/aromatic N) is 4. The van der Waals surface area contributed by atoms with Crippen LogP contribution in [0.25, 0.3) is 0 Å². The van der Waals surface area contributed by atoms with Gasteiger partial charge < -0.3 is 30.3 Å². The Morgan fingerprint density at radius 3 is 2.53 bits per heavy atom. The van der Waals surface area contributed by atoms with Crippen LogP contribution in [-0.2, 0) is 17.9 Å². The van der Waals surface area contributed by atoms with Crippen molar-refractivity contribution in [2.75, 3.05) is 25.6 Å². The number of ether oxygens (including phenoxy) is 2. The first-order valence-electron chi connectivity index (χ1n) is 10.1. The van der Waals surface area contributed by atoms with E-state index in [2.05, 4.69) is 25.7 Å². The van der Waals surface area contributed by atoms with E-state index in [4.69, 9.17) is 19.7 Å². The fourth-order valence-electron chi connectivity index (χ4n) is 2.91. The summed E-state index contributed by atoms with van der Waals surface area (Å²) in [4.78, 5) is 20.1. The van der Waals surface area contributed by atoms with Crippen molar-refractivity contribution >= 4 is 17.5 Å². The second kappa shape index (κ2) is 11.3. The third kappa shape index (κ3) is 6.14. The summed E-state index contributed by atoms with van der Waals surface area (Å²) in [5.41, 5.74) is 0.463. The molecule has 3 rings (SSSR count). The molecule has 1 amide bonds. The minimum atomic E-state index is -0.834. The number of carbonyl (C=O) groups excluding carboxylic acids is 1. The highest BCUT2D eigenvalue weighted by atomic mass is 19.1. The molecule has 0 bridgehead atoms. The van der Waals surface area contributed by atoms with E-state index in [0.717, 1.165) is 0 Å². The van der Waals surface area contributed by atoms with Crippen molar-refractivity contribution in [3.63, 3.8) is 0 Å². The number of aliphatic hydroxyl groups excluding tert-OH is 2. The third-order valence-corrected chi connectivity index (χ3v) is 4.67. The largest absolute Gasteiger partial charge is 0.494 e. The summed E-state index contributed by atoms with van der Waals surface area (Å²) in [6, 6.07) is 0.531. The van der Waals surface area contributed by atoms with Gasteiger partial charge in [0.25, 0.3) is 0 Å². The van der Waals surface area contributed by atoms with Crippen LogP contribution in [0.3, 0.4) is 0 Å². The number of rotatable bonds is 11. The zero-order valence-electron chi connectivity index (χ0n) is 18.5. The Kier molecular flexibility index (Phi) is 8.27. The average Bonchev–Trinajstić information content (AvgIpc) is 3.27. The molecule has 3 aromatic rings. The van der Waals surface area contributed by atoms with Gasteiger partial charge in [0.05, 0.1) is 56.2 Å². The number of aryl methyl sites for hydroxylation is 1. The molecule has 182 valence electrons. The summed E-state index contributed by atoms with van der Waals surface area (Å²) < 4.78 is 40.3. The Hall–Kier alpha value is -3.84. The van der Waals surface area contributed by atoms with Crippen LogP contribution < -0.4 is 20.1 Å². The van der Waals surface area contributed by atoms with Crippen LogP contribution in [0.4, 0.5) is 20.4 Å². The summed E-state index contributed by atoms with van der Waals surface area (Å²) >= 11 is 0. The van der Waals surface area contributed by atoms with Crippen molar-refractivity contribution in [2.45, 2.75) is 26.1 Å². The standard InChI is InChI=1S/C21H24F2N6O5/c1-12-3-17(33-2)20(23)16(19(12)22)11-34-15-5-24-21(25-6-15)28-13-4-26-29(7-13)8-18(32)27-14(9-30)10-31/h3-7,14,30-31H,8-11H2,1-2H3,(H,27,32)(H,24,25,28). The van der Waals surface area contributed by atoms with Gasteiger partial charge in [0.15, 0.2) is 17.3 Å². The van der Waals surface area contributed by atoms with Gasteiger partial charge >= 0.3 is 0 Å². The quantitative estimate of drug-likeness (QED) is 0.318. The zero-order valence-corrected chi connectivity index (χ0v) is 18.5. The molecule has 0 aliphatic rings. The van der Waals surface area contributed by atoms with E-state index in [1.165, 1.54) is 49.6 Å². The van der Waals surface area contributed by atoms with Crippen LogP contribution in [0, 0.1) is 18.6 Å². The Morgan fingerprint density at radius 1 is 1.18 bits per heavy atom. The predicted molar refractivity (Wildman–Crippen MR) is 116 cm³/mol. The number of benzene rings is 1. The van der Waals surface area contributed by atoms with E-state index in [1.807, 2.05) is 0 Å². The molecule has 0 aliphatic carbocycles. The van der Waals surface area contributed by atoms with Crippen molar-refractivity contribution in [2.24, 2.45) is 0 Å². The van der Waals surface area contributed by atoms with Crippen LogP contribution in [0.15, 0.2) is 30.9 Å². The van der Waals surface area contributed by atoms with E-state index in [9.17, 15) is 13.6 Å². The second-order valence-corrected chi connectivity index (χ2v) is 7.21. The van der Waals surface area contributed by atoms with Crippen LogP contribution in [0.1, 0.15) is 11.1 Å². The lowest BCUT2D eigenvalue weighted by Crippen LogP contribution is -2.41. The zero-order chi connectivity index (χ0) is 24.7. The van der Waals surface area contributed by atoms with Crippen molar-refractivity contribution < 1.29 is 33.3 Å². The molecule has 4 N–H and O–H groups in total. The maximum atomic E-state index is 14.4. The molecule has 0 unspecified atom stereocenters. The first kappa shape index (κ1) is 24.8. The van der Waals surface area contributed by atoms with Crippen molar-refractivity contribution in [3.8, 4) is 11.5 Å². The molecule has 34 heavy (non-hydrogen) atoms. The van der Waals surface area contributed by atoms with Gasteiger partial charge in [0.2, 0.25) is 11.9 Å². The number of carbonyl (C=O) groups is 1.